The molecule has 2 aromatic heterocycles. The lowest BCUT2D eigenvalue weighted by Gasteiger charge is -2.38. The van der Waals surface area contributed by atoms with Crippen molar-refractivity contribution in [2.45, 2.75) is 108 Å². The minimum atomic E-state index is -7.98. The van der Waals surface area contributed by atoms with Crippen LogP contribution in [0.1, 0.15) is 47.3 Å². The van der Waals surface area contributed by atoms with E-state index in [-0.39, 0.29) is 58.7 Å². The normalized spacial score (nSPS) is 14.9. The van der Waals surface area contributed by atoms with Gasteiger partial charge in [0.1, 0.15) is 21.4 Å². The molecule has 6 rings (SSSR count). The first-order chi connectivity index (χ1) is 40.6. The Morgan fingerprint density at radius 1 is 0.330 bits per heavy atom. The highest BCUT2D eigenvalue weighted by Gasteiger charge is 2.92. The number of aromatic nitrogens is 2. The quantitative estimate of drug-likeness (QED) is 0.0360. The van der Waals surface area contributed by atoms with Crippen LogP contribution in [0.5, 0.6) is 0 Å². The summed E-state index contributed by atoms with van der Waals surface area (Å²) in [7, 11) is 0. The summed E-state index contributed by atoms with van der Waals surface area (Å²) >= 11 is 2.68. The molecule has 2 heterocycles. The van der Waals surface area contributed by atoms with Gasteiger partial charge in [-0.2, -0.15) is 132 Å². The van der Waals surface area contributed by atoms with E-state index in [1.807, 2.05) is 0 Å². The van der Waals surface area contributed by atoms with Gasteiger partial charge < -0.3 is 0 Å². The fourth-order valence-electron chi connectivity index (χ4n) is 6.94. The molecule has 504 valence electrons. The first-order valence-corrected chi connectivity index (χ1v) is 25.0. The van der Waals surface area contributed by atoms with Gasteiger partial charge in [-0.05, 0) is 34.7 Å². The van der Waals surface area contributed by atoms with Crippen LogP contribution >= 0.6 is 45.3 Å². The van der Waals surface area contributed by atoms with E-state index < -0.39 is 159 Å². The van der Waals surface area contributed by atoms with Gasteiger partial charge in [0, 0.05) is 31.4 Å². The number of fused-ring (bicyclic) bond motifs is 3. The first kappa shape index (κ1) is 75.5. The topological polar surface area (TPSA) is 94.1 Å². The van der Waals surface area contributed by atoms with E-state index in [4.69, 9.17) is 0 Å². The smallest absolute Gasteiger partial charge is 0.287 e. The molecule has 5 aromatic rings. The predicted octanol–water partition coefficient (Wildman–Crippen LogP) is 18.3. The van der Waals surface area contributed by atoms with E-state index in [1.54, 1.807) is 22.6 Å². The minimum absolute atomic E-state index is 0.0716. The molecule has 0 radical (unpaired) electrons. The molecule has 1 aliphatic carbocycles. The summed E-state index contributed by atoms with van der Waals surface area (Å²) in [6, 6.07) is 5.80. The van der Waals surface area contributed by atoms with Crippen LogP contribution in [0.25, 0.3) is 30.9 Å². The van der Waals surface area contributed by atoms with Gasteiger partial charge in [0.05, 0.1) is 9.75 Å². The number of halogens is 37. The maximum atomic E-state index is 14.5. The van der Waals surface area contributed by atoms with E-state index in [1.165, 1.54) is 0 Å². The maximum Gasteiger partial charge on any atom is 0.386 e. The summed E-state index contributed by atoms with van der Waals surface area (Å²) in [6.07, 6.45) is -17.1. The van der Waals surface area contributed by atoms with Crippen LogP contribution in [0.2, 0.25) is 0 Å². The maximum absolute atomic E-state index is 14.5. The summed E-state index contributed by atoms with van der Waals surface area (Å²) in [5, 5.41) is -0.561. The Bertz CT molecular complexity index is 3410. The van der Waals surface area contributed by atoms with Crippen molar-refractivity contribution in [1.82, 2.24) is 9.97 Å². The van der Waals surface area contributed by atoms with E-state index >= 15 is 0 Å². The van der Waals surface area contributed by atoms with Gasteiger partial charge in [-0.15, -0.1) is 22.7 Å². The van der Waals surface area contributed by atoms with Crippen molar-refractivity contribution >= 4 is 68.4 Å². The summed E-state index contributed by atoms with van der Waals surface area (Å²) < 4.78 is 483. The molecule has 6 nitrogen and oxygen atoms in total. The van der Waals surface area contributed by atoms with Crippen molar-refractivity contribution in [1.29, 1.82) is 0 Å². The largest absolute Gasteiger partial charge is 0.386 e. The zero-order valence-corrected chi connectivity index (χ0v) is 45.3. The van der Waals surface area contributed by atoms with Crippen molar-refractivity contribution in [3.8, 4) is 30.9 Å². The second kappa shape index (κ2) is 23.4. The van der Waals surface area contributed by atoms with Crippen molar-refractivity contribution in [2.24, 2.45) is 0 Å². The van der Waals surface area contributed by atoms with Crippen LogP contribution in [0.15, 0.2) is 72.8 Å². The minimum Gasteiger partial charge on any atom is -0.287 e. The fraction of sp³-hybridized carbons (Fsp3) is 0.391. The van der Waals surface area contributed by atoms with Gasteiger partial charge in [-0.25, -0.2) is 36.3 Å². The highest BCUT2D eigenvalue weighted by Crippen LogP contribution is 2.62. The highest BCUT2D eigenvalue weighted by atomic mass is 127. The molecule has 0 saturated carbocycles. The predicted molar refractivity (Wildman–Crippen MR) is 242 cm³/mol. The lowest BCUT2D eigenvalue weighted by molar-refractivity contribution is -0.405. The van der Waals surface area contributed by atoms with Crippen LogP contribution in [-0.4, -0.2) is 141 Å². The molecule has 0 spiro atoms. The van der Waals surface area contributed by atoms with E-state index in [2.05, 4.69) is 9.97 Å². The third kappa shape index (κ3) is 11.2. The van der Waals surface area contributed by atoms with Gasteiger partial charge in [0.25, 0.3) is 0 Å². The lowest BCUT2D eigenvalue weighted by atomic mass is 9.90. The Kier molecular flexibility index (Phi) is 19.4. The Balaban J connectivity index is 0.000000466. The zero-order valence-electron chi connectivity index (χ0n) is 41.5. The number of hydrogen-bond donors (Lipinski definition) is 0. The van der Waals surface area contributed by atoms with Crippen molar-refractivity contribution < 1.29 is 177 Å². The Morgan fingerprint density at radius 3 is 0.747 bits per heavy atom. The van der Waals surface area contributed by atoms with Crippen LogP contribution < -0.4 is 0 Å². The monoisotopic (exact) mass is 1530 g/mol. The number of ketones is 4. The SMILES string of the molecule is O=C(c1ccc(I)cc1)C(F)(F)C(F)(F)C(F)(F)C(F)(F)C(F)(F)C(F)F.O=C1c2nc(-c3ccc(C(=O)C(F)(F)C(F)(F)C(F)(F)C(F)(F)C(F)(F)C(F)F)cc3)sc2-c2sc(-c3ccc(C(=O)C(F)(F)C(F)(F)C(F)(F)C(F)(F)C(F)(F)C(F)F)cc3)nc21. The Morgan fingerprint density at radius 2 is 0.538 bits per heavy atom. The molecule has 45 heteroatoms. The molecule has 3 aromatic carbocycles. The molecule has 0 bridgehead atoms. The zero-order chi connectivity index (χ0) is 70.8. The van der Waals surface area contributed by atoms with Crippen LogP contribution in [0.4, 0.5) is 158 Å². The molecule has 0 amide bonds. The molecule has 0 unspecified atom stereocenters. The number of hydrogen-bond acceptors (Lipinski definition) is 8. The van der Waals surface area contributed by atoms with Gasteiger partial charge in [-0.1, -0.05) is 60.7 Å². The number of thiazole rings is 2. The summed E-state index contributed by atoms with van der Waals surface area (Å²) in [4.78, 5) is 56.6. The number of rotatable bonds is 23. The fourth-order valence-corrected chi connectivity index (χ4v) is 9.57. The van der Waals surface area contributed by atoms with Crippen LogP contribution in [0, 0.1) is 3.57 Å². The molecule has 1 aliphatic rings. The van der Waals surface area contributed by atoms with Gasteiger partial charge >= 0.3 is 108 Å². The number of nitrogens with zero attached hydrogens (tertiary/aromatic N) is 2. The van der Waals surface area contributed by atoms with Crippen molar-refractivity contribution in [2.75, 3.05) is 0 Å². The van der Waals surface area contributed by atoms with Crippen LogP contribution in [0.3, 0.4) is 0 Å². The van der Waals surface area contributed by atoms with Crippen LogP contribution in [-0.2, 0) is 0 Å². The van der Waals surface area contributed by atoms with Gasteiger partial charge in [0.2, 0.25) is 23.1 Å². The number of carbonyl (C=O) groups excluding carboxylic acids is 4. The Labute approximate surface area is 497 Å². The summed E-state index contributed by atoms with van der Waals surface area (Å²) in [5.74, 6) is -123. The number of benzene rings is 3. The molecular weight excluding hydrogens is 1520 g/mol. The highest BCUT2D eigenvalue weighted by molar-refractivity contribution is 14.1. The summed E-state index contributed by atoms with van der Waals surface area (Å²) in [6.45, 7) is 0. The third-order valence-electron chi connectivity index (χ3n) is 12.3. The van der Waals surface area contributed by atoms with Crippen molar-refractivity contribution in [3.63, 3.8) is 0 Å². The Hall–Kier alpha value is -6.19. The third-order valence-corrected chi connectivity index (χ3v) is 15.4. The van der Waals surface area contributed by atoms with Crippen molar-refractivity contribution in [3.05, 3.63) is 104 Å². The second-order valence-electron chi connectivity index (χ2n) is 18.0. The van der Waals surface area contributed by atoms with E-state index in [0.717, 1.165) is 12.1 Å². The van der Waals surface area contributed by atoms with Gasteiger partial charge in [-0.3, -0.25) is 19.2 Å². The number of alkyl halides is 36. The lowest BCUT2D eigenvalue weighted by Crippen LogP contribution is -2.69. The van der Waals surface area contributed by atoms with E-state index in [9.17, 15) is 177 Å². The summed E-state index contributed by atoms with van der Waals surface area (Å²) in [5.41, 5.74) is -6.05. The standard InChI is InChI=1S/C33H10F24N2O3S2.C13H5F12IO/c34-22(35)26(42,43)30(50,51)32(54,55)28(46,47)24(38,39)18(61)9-1-5-11(6-2-9)20-58-13-15(60)14-17(16(13)63-20)64-21(59-14)12-7-3-10(4-8-12)19(62)25(40,41)29(48,49)33(56,57)31(52,53)27(44,45)23(36)37;14-8(15)10(18,19)12(22,23)13(24,25)11(20,21)9(16,17)7(27)5-1-3-6(26)4-2-5/h1-8,22-23H;1-4,8H. The van der Waals surface area contributed by atoms with Gasteiger partial charge in [0.15, 0.2) is 0 Å². The second-order valence-corrected chi connectivity index (χ2v) is 21.3. The van der Waals surface area contributed by atoms with E-state index in [0.29, 0.717) is 59.1 Å². The molecule has 0 atom stereocenters. The average Bonchev–Trinajstić information content (AvgIpc) is 1.52. The molecular formula is C46H15F36IN2O4S2. The number of carbonyl (C=O) groups is 4. The average molecular weight is 1530 g/mol. The first-order valence-electron chi connectivity index (χ1n) is 22.3. The molecule has 91 heavy (non-hydrogen) atoms. The molecule has 0 fully saturated rings. The molecule has 0 aliphatic heterocycles. The number of Topliss-reactive ketones (excluding diaryl/α,β-unsaturated/α-hetero) is 3. The molecule has 0 N–H and O–H groups in total. The molecule has 0 saturated heterocycles.